The van der Waals surface area contributed by atoms with Crippen LogP contribution >= 0.6 is 0 Å². The van der Waals surface area contributed by atoms with E-state index in [4.69, 9.17) is 0 Å². The van der Waals surface area contributed by atoms with Crippen LogP contribution in [-0.4, -0.2) is 49.5 Å². The lowest BCUT2D eigenvalue weighted by molar-refractivity contribution is 0.586. The van der Waals surface area contributed by atoms with E-state index in [0.717, 1.165) is 30.2 Å². The summed E-state index contributed by atoms with van der Waals surface area (Å²) in [6.45, 7) is 8.21. The number of nitrogens with one attached hydrogen (secondary N) is 1. The summed E-state index contributed by atoms with van der Waals surface area (Å²) in [5.41, 5.74) is 1.07. The average molecular weight is 312 g/mol. The summed E-state index contributed by atoms with van der Waals surface area (Å²) in [7, 11) is -2.88. The SMILES string of the molecule is CCCNc1ncnc(N2CCS(=O)(=O)CC2)c1C(C)C. The van der Waals surface area contributed by atoms with Gasteiger partial charge in [0.1, 0.15) is 18.0 Å². The first-order chi connectivity index (χ1) is 9.94. The molecule has 2 rings (SSSR count). The summed E-state index contributed by atoms with van der Waals surface area (Å²) in [6.07, 6.45) is 2.58. The molecule has 0 amide bonds. The van der Waals surface area contributed by atoms with Gasteiger partial charge in [0.15, 0.2) is 9.84 Å². The van der Waals surface area contributed by atoms with Gasteiger partial charge in [-0.25, -0.2) is 18.4 Å². The largest absolute Gasteiger partial charge is 0.370 e. The maximum absolute atomic E-state index is 11.6. The van der Waals surface area contributed by atoms with Crippen molar-refractivity contribution < 1.29 is 8.42 Å². The Morgan fingerprint density at radius 3 is 2.52 bits per heavy atom. The van der Waals surface area contributed by atoms with Crippen LogP contribution < -0.4 is 10.2 Å². The minimum absolute atomic E-state index is 0.201. The first-order valence-electron chi connectivity index (χ1n) is 7.48. The number of nitrogens with zero attached hydrogens (tertiary/aromatic N) is 3. The number of aromatic nitrogens is 2. The number of anilines is 2. The smallest absolute Gasteiger partial charge is 0.153 e. The van der Waals surface area contributed by atoms with Gasteiger partial charge in [0, 0.05) is 25.2 Å². The molecule has 1 saturated heterocycles. The summed E-state index contributed by atoms with van der Waals surface area (Å²) >= 11 is 0. The van der Waals surface area contributed by atoms with Crippen LogP contribution in [0, 0.1) is 0 Å². The zero-order valence-electron chi connectivity index (χ0n) is 13.0. The van der Waals surface area contributed by atoms with Crippen molar-refractivity contribution in [2.24, 2.45) is 0 Å². The van der Waals surface area contributed by atoms with Crippen molar-refractivity contribution in [1.82, 2.24) is 9.97 Å². The van der Waals surface area contributed by atoms with Crippen LogP contribution in [0.4, 0.5) is 11.6 Å². The molecule has 7 heteroatoms. The summed E-state index contributed by atoms with van der Waals surface area (Å²) < 4.78 is 23.2. The highest BCUT2D eigenvalue weighted by Gasteiger charge is 2.26. The molecule has 0 bridgehead atoms. The molecule has 0 aromatic carbocycles. The summed E-state index contributed by atoms with van der Waals surface area (Å²) in [6, 6.07) is 0. The van der Waals surface area contributed by atoms with Gasteiger partial charge in [0.05, 0.1) is 11.5 Å². The van der Waals surface area contributed by atoms with Gasteiger partial charge in [-0.05, 0) is 12.3 Å². The Labute approximate surface area is 126 Å². The standard InChI is InChI=1S/C14H24N4O2S/c1-4-5-15-13-12(11(2)3)14(17-10-16-13)18-6-8-21(19,20)9-7-18/h10-11H,4-9H2,1-3H3,(H,15,16,17). The first kappa shape index (κ1) is 16.0. The van der Waals surface area contributed by atoms with E-state index in [1.165, 1.54) is 0 Å². The van der Waals surface area contributed by atoms with E-state index in [-0.39, 0.29) is 17.4 Å². The fourth-order valence-electron chi connectivity index (χ4n) is 2.48. The lowest BCUT2D eigenvalue weighted by atomic mass is 10.0. The van der Waals surface area contributed by atoms with Crippen molar-refractivity contribution in [3.8, 4) is 0 Å². The van der Waals surface area contributed by atoms with E-state index in [2.05, 4.69) is 41.0 Å². The van der Waals surface area contributed by atoms with E-state index < -0.39 is 9.84 Å². The molecule has 118 valence electrons. The molecule has 6 nitrogen and oxygen atoms in total. The predicted molar refractivity (Wildman–Crippen MR) is 85.8 cm³/mol. The molecule has 0 radical (unpaired) electrons. The normalized spacial score (nSPS) is 18.0. The highest BCUT2D eigenvalue weighted by molar-refractivity contribution is 7.91. The molecule has 0 aliphatic carbocycles. The van der Waals surface area contributed by atoms with Crippen molar-refractivity contribution in [3.05, 3.63) is 11.9 Å². The second-order valence-electron chi connectivity index (χ2n) is 5.68. The predicted octanol–water partition coefficient (Wildman–Crippen LogP) is 1.66. The van der Waals surface area contributed by atoms with Crippen molar-refractivity contribution in [2.45, 2.75) is 33.1 Å². The van der Waals surface area contributed by atoms with E-state index in [0.29, 0.717) is 13.1 Å². The van der Waals surface area contributed by atoms with Crippen LogP contribution in [0.25, 0.3) is 0 Å². The third kappa shape index (κ3) is 3.84. The van der Waals surface area contributed by atoms with Crippen LogP contribution in [-0.2, 0) is 9.84 Å². The van der Waals surface area contributed by atoms with Gasteiger partial charge in [-0.3, -0.25) is 0 Å². The molecule has 2 heterocycles. The lowest BCUT2D eigenvalue weighted by Crippen LogP contribution is -2.41. The Balaban J connectivity index is 2.30. The Morgan fingerprint density at radius 2 is 1.95 bits per heavy atom. The Hall–Kier alpha value is -1.37. The molecule has 1 aliphatic heterocycles. The van der Waals surface area contributed by atoms with Crippen LogP contribution in [0.15, 0.2) is 6.33 Å². The minimum Gasteiger partial charge on any atom is -0.370 e. The first-order valence-corrected chi connectivity index (χ1v) is 9.31. The molecule has 1 aliphatic rings. The lowest BCUT2D eigenvalue weighted by Gasteiger charge is -2.30. The van der Waals surface area contributed by atoms with Gasteiger partial charge in [0.2, 0.25) is 0 Å². The highest BCUT2D eigenvalue weighted by atomic mass is 32.2. The van der Waals surface area contributed by atoms with Crippen molar-refractivity contribution >= 4 is 21.5 Å². The zero-order valence-corrected chi connectivity index (χ0v) is 13.8. The third-order valence-corrected chi connectivity index (χ3v) is 5.24. The Bertz CT molecular complexity index is 573. The molecule has 1 fully saturated rings. The van der Waals surface area contributed by atoms with Gasteiger partial charge in [-0.15, -0.1) is 0 Å². The topological polar surface area (TPSA) is 75.2 Å². The fourth-order valence-corrected chi connectivity index (χ4v) is 3.68. The molecule has 0 unspecified atom stereocenters. The molecule has 1 aromatic heterocycles. The number of rotatable bonds is 5. The summed E-state index contributed by atoms with van der Waals surface area (Å²) in [5, 5.41) is 3.34. The molecular weight excluding hydrogens is 288 g/mol. The number of hydrogen-bond donors (Lipinski definition) is 1. The van der Waals surface area contributed by atoms with Gasteiger partial charge >= 0.3 is 0 Å². The second kappa shape index (κ2) is 6.60. The van der Waals surface area contributed by atoms with E-state index >= 15 is 0 Å². The highest BCUT2D eigenvalue weighted by Crippen LogP contribution is 2.31. The van der Waals surface area contributed by atoms with Gasteiger partial charge in [-0.2, -0.15) is 0 Å². The molecular formula is C14H24N4O2S. The summed E-state index contributed by atoms with van der Waals surface area (Å²) in [5.74, 6) is 2.41. The van der Waals surface area contributed by atoms with Crippen molar-refractivity contribution in [3.63, 3.8) is 0 Å². The van der Waals surface area contributed by atoms with Crippen molar-refractivity contribution in [2.75, 3.05) is 41.4 Å². The molecule has 1 aromatic rings. The number of hydrogen-bond acceptors (Lipinski definition) is 6. The molecule has 21 heavy (non-hydrogen) atoms. The third-order valence-electron chi connectivity index (χ3n) is 3.63. The van der Waals surface area contributed by atoms with Gasteiger partial charge < -0.3 is 10.2 Å². The Morgan fingerprint density at radius 1 is 1.29 bits per heavy atom. The molecule has 0 spiro atoms. The minimum atomic E-state index is -2.88. The Kier molecular flexibility index (Phi) is 5.03. The van der Waals surface area contributed by atoms with E-state index in [1.54, 1.807) is 6.33 Å². The molecule has 1 N–H and O–H groups in total. The van der Waals surface area contributed by atoms with Crippen molar-refractivity contribution in [1.29, 1.82) is 0 Å². The van der Waals surface area contributed by atoms with Gasteiger partial charge in [-0.1, -0.05) is 20.8 Å². The molecule has 0 atom stereocenters. The zero-order chi connectivity index (χ0) is 15.5. The maximum Gasteiger partial charge on any atom is 0.153 e. The van der Waals surface area contributed by atoms with Crippen LogP contribution in [0.2, 0.25) is 0 Å². The van der Waals surface area contributed by atoms with Crippen LogP contribution in [0.3, 0.4) is 0 Å². The fraction of sp³-hybridized carbons (Fsp3) is 0.714. The van der Waals surface area contributed by atoms with Crippen LogP contribution in [0.5, 0.6) is 0 Å². The average Bonchev–Trinajstić information content (AvgIpc) is 2.44. The number of sulfone groups is 1. The molecule has 0 saturated carbocycles. The van der Waals surface area contributed by atoms with E-state index in [9.17, 15) is 8.42 Å². The monoisotopic (exact) mass is 312 g/mol. The van der Waals surface area contributed by atoms with Crippen LogP contribution in [0.1, 0.15) is 38.7 Å². The second-order valence-corrected chi connectivity index (χ2v) is 7.98. The quantitative estimate of drug-likeness (QED) is 0.891. The maximum atomic E-state index is 11.6. The summed E-state index contributed by atoms with van der Waals surface area (Å²) in [4.78, 5) is 10.8. The van der Waals surface area contributed by atoms with E-state index in [1.807, 2.05) is 0 Å². The van der Waals surface area contributed by atoms with Gasteiger partial charge in [0.25, 0.3) is 0 Å².